The molecule has 2 heterocycles. The van der Waals surface area contributed by atoms with Crippen molar-refractivity contribution in [1.82, 2.24) is 9.72 Å². The van der Waals surface area contributed by atoms with Gasteiger partial charge >= 0.3 is 5.97 Å². The third-order valence-corrected chi connectivity index (χ3v) is 4.02. The highest BCUT2D eigenvalue weighted by Crippen LogP contribution is 2.30. The van der Waals surface area contributed by atoms with Gasteiger partial charge in [-0.3, -0.25) is 0 Å². The SMILES string of the molecule is Cc1cc(Cn2c3ccccc3c3ccc(C(=O)O)cc32)no1. The molecule has 23 heavy (non-hydrogen) atoms. The fraction of sp³-hybridized carbons (Fsp3) is 0.111. The molecule has 0 spiro atoms. The van der Waals surface area contributed by atoms with Crippen molar-refractivity contribution < 1.29 is 14.4 Å². The predicted octanol–water partition coefficient (Wildman–Crippen LogP) is 3.84. The third-order valence-electron chi connectivity index (χ3n) is 4.02. The largest absolute Gasteiger partial charge is 0.478 e. The minimum atomic E-state index is -0.930. The van der Waals surface area contributed by atoms with E-state index in [0.29, 0.717) is 6.54 Å². The Kier molecular flexibility index (Phi) is 2.94. The third kappa shape index (κ3) is 2.17. The molecule has 1 N–H and O–H groups in total. The summed E-state index contributed by atoms with van der Waals surface area (Å²) in [7, 11) is 0. The van der Waals surface area contributed by atoms with Gasteiger partial charge in [0.15, 0.2) is 0 Å². The van der Waals surface area contributed by atoms with Crippen LogP contribution in [0.15, 0.2) is 53.1 Å². The first-order valence-electron chi connectivity index (χ1n) is 7.30. The van der Waals surface area contributed by atoms with E-state index in [-0.39, 0.29) is 5.56 Å². The average Bonchev–Trinajstić information content (AvgIpc) is 3.10. The summed E-state index contributed by atoms with van der Waals surface area (Å²) in [6.45, 7) is 2.38. The van der Waals surface area contributed by atoms with Crippen LogP contribution in [0.5, 0.6) is 0 Å². The van der Waals surface area contributed by atoms with E-state index in [1.165, 1.54) is 0 Å². The van der Waals surface area contributed by atoms with Crippen LogP contribution in [0.3, 0.4) is 0 Å². The first-order valence-corrected chi connectivity index (χ1v) is 7.30. The Labute approximate surface area is 131 Å². The second-order valence-electron chi connectivity index (χ2n) is 5.57. The molecule has 0 saturated carbocycles. The lowest BCUT2D eigenvalue weighted by atomic mass is 10.1. The number of para-hydroxylation sites is 1. The molecule has 2 aromatic carbocycles. The van der Waals surface area contributed by atoms with Gasteiger partial charge in [0, 0.05) is 22.4 Å². The molecule has 0 amide bonds. The van der Waals surface area contributed by atoms with Gasteiger partial charge in [0.2, 0.25) is 0 Å². The van der Waals surface area contributed by atoms with E-state index in [9.17, 15) is 9.90 Å². The summed E-state index contributed by atoms with van der Waals surface area (Å²) in [4.78, 5) is 11.3. The molecule has 0 unspecified atom stereocenters. The van der Waals surface area contributed by atoms with Gasteiger partial charge in [0.25, 0.3) is 0 Å². The van der Waals surface area contributed by atoms with Gasteiger partial charge in [-0.15, -0.1) is 0 Å². The highest BCUT2D eigenvalue weighted by atomic mass is 16.5. The van der Waals surface area contributed by atoms with Crippen molar-refractivity contribution in [2.75, 3.05) is 0 Å². The molecule has 0 aliphatic heterocycles. The molecule has 0 fully saturated rings. The molecule has 5 heteroatoms. The number of benzene rings is 2. The zero-order chi connectivity index (χ0) is 16.0. The first-order chi connectivity index (χ1) is 11.1. The van der Waals surface area contributed by atoms with E-state index in [4.69, 9.17) is 4.52 Å². The minimum Gasteiger partial charge on any atom is -0.478 e. The van der Waals surface area contributed by atoms with Gasteiger partial charge in [0.1, 0.15) is 11.5 Å². The van der Waals surface area contributed by atoms with Gasteiger partial charge in [0.05, 0.1) is 17.6 Å². The summed E-state index contributed by atoms with van der Waals surface area (Å²) in [5.74, 6) is -0.173. The van der Waals surface area contributed by atoms with Gasteiger partial charge in [-0.1, -0.05) is 29.4 Å². The zero-order valence-corrected chi connectivity index (χ0v) is 12.5. The molecule has 4 rings (SSSR count). The molecule has 4 aromatic rings. The number of aryl methyl sites for hydroxylation is 1. The summed E-state index contributed by atoms with van der Waals surface area (Å²) < 4.78 is 7.22. The minimum absolute atomic E-state index is 0.276. The maximum Gasteiger partial charge on any atom is 0.335 e. The Balaban J connectivity index is 2.00. The quantitative estimate of drug-likeness (QED) is 0.624. The average molecular weight is 306 g/mol. The molecule has 0 saturated heterocycles. The van der Waals surface area contributed by atoms with E-state index in [2.05, 4.69) is 9.72 Å². The predicted molar refractivity (Wildman–Crippen MR) is 86.7 cm³/mol. The summed E-state index contributed by atoms with van der Waals surface area (Å²) >= 11 is 0. The van der Waals surface area contributed by atoms with Crippen molar-refractivity contribution in [1.29, 1.82) is 0 Å². The van der Waals surface area contributed by atoms with Crippen LogP contribution in [-0.2, 0) is 6.54 Å². The summed E-state index contributed by atoms with van der Waals surface area (Å²) in [6, 6.07) is 15.1. The number of carboxylic acids is 1. The van der Waals surface area contributed by atoms with E-state index >= 15 is 0 Å². The Morgan fingerprint density at radius 3 is 2.65 bits per heavy atom. The van der Waals surface area contributed by atoms with Gasteiger partial charge < -0.3 is 14.2 Å². The Morgan fingerprint density at radius 1 is 1.13 bits per heavy atom. The monoisotopic (exact) mass is 306 g/mol. The summed E-state index contributed by atoms with van der Waals surface area (Å²) in [5, 5.41) is 15.4. The fourth-order valence-electron chi connectivity index (χ4n) is 3.01. The number of fused-ring (bicyclic) bond motifs is 3. The number of rotatable bonds is 3. The van der Waals surface area contributed by atoms with E-state index in [1.54, 1.807) is 12.1 Å². The number of hydrogen-bond acceptors (Lipinski definition) is 3. The fourth-order valence-corrected chi connectivity index (χ4v) is 3.01. The normalized spacial score (nSPS) is 11.3. The van der Waals surface area contributed by atoms with Crippen LogP contribution in [-0.4, -0.2) is 20.8 Å². The Morgan fingerprint density at radius 2 is 1.91 bits per heavy atom. The molecular weight excluding hydrogens is 292 g/mol. The van der Waals surface area contributed by atoms with E-state index < -0.39 is 5.97 Å². The van der Waals surface area contributed by atoms with Crippen LogP contribution in [0.1, 0.15) is 21.8 Å². The molecular formula is C18H14N2O3. The van der Waals surface area contributed by atoms with Crippen LogP contribution in [0.2, 0.25) is 0 Å². The van der Waals surface area contributed by atoms with Crippen molar-refractivity contribution in [2.45, 2.75) is 13.5 Å². The highest BCUT2D eigenvalue weighted by Gasteiger charge is 2.14. The number of carbonyl (C=O) groups is 1. The van der Waals surface area contributed by atoms with Crippen molar-refractivity contribution in [2.24, 2.45) is 0 Å². The van der Waals surface area contributed by atoms with Gasteiger partial charge in [-0.05, 0) is 25.1 Å². The topological polar surface area (TPSA) is 68.3 Å². The van der Waals surface area contributed by atoms with E-state index in [0.717, 1.165) is 33.3 Å². The number of aromatic nitrogens is 2. The van der Waals surface area contributed by atoms with Crippen LogP contribution >= 0.6 is 0 Å². The molecule has 0 radical (unpaired) electrons. The van der Waals surface area contributed by atoms with Crippen LogP contribution in [0.25, 0.3) is 21.8 Å². The first kappa shape index (κ1) is 13.6. The molecule has 0 aliphatic carbocycles. The summed E-state index contributed by atoms with van der Waals surface area (Å²) in [5.41, 5.74) is 3.02. The lowest BCUT2D eigenvalue weighted by Crippen LogP contribution is -2.01. The lowest BCUT2D eigenvalue weighted by Gasteiger charge is -2.05. The molecule has 114 valence electrons. The molecule has 0 bridgehead atoms. The van der Waals surface area contributed by atoms with Crippen molar-refractivity contribution in [3.63, 3.8) is 0 Å². The molecule has 0 atom stereocenters. The van der Waals surface area contributed by atoms with Gasteiger partial charge in [-0.2, -0.15) is 0 Å². The smallest absolute Gasteiger partial charge is 0.335 e. The Hall–Kier alpha value is -3.08. The molecule has 0 aliphatic rings. The standard InChI is InChI=1S/C18H14N2O3/c1-11-8-13(19-23-11)10-20-16-5-3-2-4-14(16)15-7-6-12(18(21)22)9-17(15)20/h2-9H,10H2,1H3,(H,21,22). The van der Waals surface area contributed by atoms with Gasteiger partial charge in [-0.25, -0.2) is 4.79 Å². The van der Waals surface area contributed by atoms with Crippen molar-refractivity contribution in [3.05, 3.63) is 65.5 Å². The summed E-state index contributed by atoms with van der Waals surface area (Å²) in [6.07, 6.45) is 0. The maximum atomic E-state index is 11.3. The maximum absolute atomic E-state index is 11.3. The van der Waals surface area contributed by atoms with Crippen molar-refractivity contribution in [3.8, 4) is 0 Å². The second kappa shape index (κ2) is 4.98. The number of nitrogens with zero attached hydrogens (tertiary/aromatic N) is 2. The second-order valence-corrected chi connectivity index (χ2v) is 5.57. The zero-order valence-electron chi connectivity index (χ0n) is 12.5. The highest BCUT2D eigenvalue weighted by molar-refractivity contribution is 6.09. The van der Waals surface area contributed by atoms with Crippen LogP contribution < -0.4 is 0 Å². The number of aromatic carboxylic acids is 1. The van der Waals surface area contributed by atoms with Crippen molar-refractivity contribution >= 4 is 27.8 Å². The van der Waals surface area contributed by atoms with Crippen LogP contribution in [0, 0.1) is 6.92 Å². The molecule has 5 nitrogen and oxygen atoms in total. The van der Waals surface area contributed by atoms with E-state index in [1.807, 2.05) is 43.3 Å². The molecule has 2 aromatic heterocycles. The lowest BCUT2D eigenvalue weighted by molar-refractivity contribution is 0.0697. The van der Waals surface area contributed by atoms with Crippen LogP contribution in [0.4, 0.5) is 0 Å². The number of hydrogen-bond donors (Lipinski definition) is 1. The number of carboxylic acid groups (broad SMARTS) is 1. The Bertz CT molecular complexity index is 1040.